The van der Waals surface area contributed by atoms with E-state index in [1.807, 2.05) is 0 Å². The van der Waals surface area contributed by atoms with Crippen LogP contribution in [0.5, 0.6) is 0 Å². The smallest absolute Gasteiger partial charge is 0.0466 e. The number of unbranched alkanes of at least 4 members (excludes halogenated alkanes) is 4. The molecule has 0 N–H and O–H groups in total. The maximum atomic E-state index is 5.62. The Kier molecular flexibility index (Phi) is 20.1. The third-order valence-electron chi connectivity index (χ3n) is 2.79. The molecule has 0 spiro atoms. The van der Waals surface area contributed by atoms with Crippen molar-refractivity contribution in [2.75, 3.05) is 54.5 Å². The van der Waals surface area contributed by atoms with Gasteiger partial charge >= 0.3 is 0 Å². The Balaban J connectivity index is 0. The molecule has 0 aliphatic rings. The van der Waals surface area contributed by atoms with E-state index in [0.717, 1.165) is 13.2 Å². The summed E-state index contributed by atoms with van der Waals surface area (Å²) in [7, 11) is 8.52. The molecule has 1 radical (unpaired) electrons. The van der Waals surface area contributed by atoms with E-state index in [4.69, 9.17) is 4.74 Å². The van der Waals surface area contributed by atoms with E-state index < -0.39 is 0 Å². The molecular weight excluding hydrogens is 251 g/mol. The standard InChI is InChI=1S/C14H32N2O.K/c1-15(2)11-7-5-9-13-17-14-10-6-8-12-16(3)4;/h5-14H2,1-4H3;. The van der Waals surface area contributed by atoms with Gasteiger partial charge in [-0.3, -0.25) is 0 Å². The molecule has 0 aromatic heterocycles. The van der Waals surface area contributed by atoms with E-state index in [2.05, 4.69) is 38.0 Å². The van der Waals surface area contributed by atoms with Gasteiger partial charge in [0.25, 0.3) is 0 Å². The summed E-state index contributed by atoms with van der Waals surface area (Å²) in [6.07, 6.45) is 7.59. The van der Waals surface area contributed by atoms with Gasteiger partial charge < -0.3 is 14.5 Å². The minimum Gasteiger partial charge on any atom is -0.381 e. The largest absolute Gasteiger partial charge is 0.381 e. The van der Waals surface area contributed by atoms with Gasteiger partial charge in [-0.25, -0.2) is 0 Å². The van der Waals surface area contributed by atoms with Crippen LogP contribution in [0.3, 0.4) is 0 Å². The fourth-order valence-corrected chi connectivity index (χ4v) is 1.72. The normalized spacial score (nSPS) is 11.0. The number of hydrogen-bond acceptors (Lipinski definition) is 3. The van der Waals surface area contributed by atoms with Crippen molar-refractivity contribution in [2.24, 2.45) is 0 Å². The van der Waals surface area contributed by atoms with Crippen LogP contribution in [0.4, 0.5) is 0 Å². The molecule has 0 aromatic rings. The summed E-state index contributed by atoms with van der Waals surface area (Å²) in [6.45, 7) is 4.29. The number of rotatable bonds is 12. The van der Waals surface area contributed by atoms with Crippen LogP contribution < -0.4 is 0 Å². The van der Waals surface area contributed by atoms with Gasteiger partial charge in [0, 0.05) is 64.6 Å². The molecule has 0 bridgehead atoms. The Morgan fingerprint density at radius 1 is 0.611 bits per heavy atom. The molecule has 0 saturated carbocycles. The molecule has 0 amide bonds. The molecule has 105 valence electrons. The molecule has 0 fully saturated rings. The maximum Gasteiger partial charge on any atom is 0.0466 e. The molecule has 0 unspecified atom stereocenters. The second kappa shape index (κ2) is 16.6. The van der Waals surface area contributed by atoms with Gasteiger partial charge in [-0.05, 0) is 79.8 Å². The van der Waals surface area contributed by atoms with E-state index in [1.54, 1.807) is 0 Å². The van der Waals surface area contributed by atoms with Gasteiger partial charge in [-0.1, -0.05) is 0 Å². The van der Waals surface area contributed by atoms with Gasteiger partial charge in [0.05, 0.1) is 0 Å². The molecule has 4 heteroatoms. The van der Waals surface area contributed by atoms with E-state index in [0.29, 0.717) is 0 Å². The van der Waals surface area contributed by atoms with Crippen molar-refractivity contribution in [3.05, 3.63) is 0 Å². The Bertz CT molecular complexity index is 139. The van der Waals surface area contributed by atoms with E-state index in [9.17, 15) is 0 Å². The average molecular weight is 284 g/mol. The fraction of sp³-hybridized carbons (Fsp3) is 1.00. The first-order valence-corrected chi connectivity index (χ1v) is 7.00. The summed E-state index contributed by atoms with van der Waals surface area (Å²) in [4.78, 5) is 4.48. The second-order valence-corrected chi connectivity index (χ2v) is 5.34. The van der Waals surface area contributed by atoms with Gasteiger partial charge in [-0.15, -0.1) is 0 Å². The van der Waals surface area contributed by atoms with Crippen molar-refractivity contribution in [1.29, 1.82) is 0 Å². The molecule has 18 heavy (non-hydrogen) atoms. The van der Waals surface area contributed by atoms with Crippen molar-refractivity contribution in [2.45, 2.75) is 38.5 Å². The van der Waals surface area contributed by atoms with Crippen molar-refractivity contribution >= 4 is 51.4 Å². The van der Waals surface area contributed by atoms with Gasteiger partial charge in [-0.2, -0.15) is 0 Å². The summed E-state index contributed by atoms with van der Waals surface area (Å²) < 4.78 is 5.62. The maximum absolute atomic E-state index is 5.62. The van der Waals surface area contributed by atoms with Crippen molar-refractivity contribution in [3.8, 4) is 0 Å². The van der Waals surface area contributed by atoms with Crippen LogP contribution in [0.15, 0.2) is 0 Å². The zero-order valence-electron chi connectivity index (χ0n) is 13.4. The minimum atomic E-state index is 0. The van der Waals surface area contributed by atoms with Crippen molar-refractivity contribution in [1.82, 2.24) is 9.80 Å². The Hall–Kier alpha value is 1.52. The van der Waals surface area contributed by atoms with Crippen LogP contribution in [0.2, 0.25) is 0 Å². The summed E-state index contributed by atoms with van der Waals surface area (Å²) in [6, 6.07) is 0. The number of hydrogen-bond donors (Lipinski definition) is 0. The minimum absolute atomic E-state index is 0. The predicted molar refractivity (Wildman–Crippen MR) is 81.4 cm³/mol. The first-order valence-electron chi connectivity index (χ1n) is 7.00. The molecule has 0 saturated heterocycles. The predicted octanol–water partition coefficient (Wildman–Crippen LogP) is 2.09. The monoisotopic (exact) mass is 283 g/mol. The molecule has 0 aliphatic carbocycles. The zero-order chi connectivity index (χ0) is 12.9. The summed E-state index contributed by atoms with van der Waals surface area (Å²) in [5, 5.41) is 0. The summed E-state index contributed by atoms with van der Waals surface area (Å²) >= 11 is 0. The van der Waals surface area contributed by atoms with Gasteiger partial charge in [0.15, 0.2) is 0 Å². The SMILES string of the molecule is CN(C)CCCCCOCCCCCN(C)C.[K]. The average Bonchev–Trinajstić information content (AvgIpc) is 2.25. The topological polar surface area (TPSA) is 15.7 Å². The van der Waals surface area contributed by atoms with E-state index >= 15 is 0 Å². The van der Waals surface area contributed by atoms with Crippen LogP contribution in [0, 0.1) is 0 Å². The van der Waals surface area contributed by atoms with Gasteiger partial charge in [0.2, 0.25) is 0 Å². The zero-order valence-corrected chi connectivity index (χ0v) is 16.5. The Morgan fingerprint density at radius 3 is 1.33 bits per heavy atom. The van der Waals surface area contributed by atoms with Crippen LogP contribution in [0.1, 0.15) is 38.5 Å². The molecule has 0 aromatic carbocycles. The molecule has 3 nitrogen and oxygen atoms in total. The third-order valence-corrected chi connectivity index (χ3v) is 2.79. The third kappa shape index (κ3) is 19.8. The van der Waals surface area contributed by atoms with Crippen molar-refractivity contribution < 1.29 is 4.74 Å². The molecule has 0 atom stereocenters. The van der Waals surface area contributed by atoms with E-state index in [1.165, 1.54) is 51.6 Å². The summed E-state index contributed by atoms with van der Waals surface area (Å²) in [5.74, 6) is 0. The first-order chi connectivity index (χ1) is 8.13. The van der Waals surface area contributed by atoms with Crippen LogP contribution in [-0.2, 0) is 4.74 Å². The molecule has 0 heterocycles. The summed E-state index contributed by atoms with van der Waals surface area (Å²) in [5.41, 5.74) is 0. The first kappa shape index (κ1) is 21.8. The molecule has 0 aliphatic heterocycles. The van der Waals surface area contributed by atoms with E-state index in [-0.39, 0.29) is 51.4 Å². The van der Waals surface area contributed by atoms with Gasteiger partial charge in [0.1, 0.15) is 0 Å². The Morgan fingerprint density at radius 2 is 1.00 bits per heavy atom. The molecule has 0 rings (SSSR count). The number of ether oxygens (including phenoxy) is 1. The van der Waals surface area contributed by atoms with Crippen molar-refractivity contribution in [3.63, 3.8) is 0 Å². The van der Waals surface area contributed by atoms with Crippen LogP contribution >= 0.6 is 0 Å². The second-order valence-electron chi connectivity index (χ2n) is 5.34. The molecular formula is C14H32KN2O. The number of nitrogens with zero attached hydrogens (tertiary/aromatic N) is 2. The fourth-order valence-electron chi connectivity index (χ4n) is 1.72. The Labute approximate surface area is 157 Å². The van der Waals surface area contributed by atoms with Crippen LogP contribution in [0.25, 0.3) is 0 Å². The van der Waals surface area contributed by atoms with Crippen LogP contribution in [-0.4, -0.2) is 116 Å². The quantitative estimate of drug-likeness (QED) is 0.403.